The van der Waals surface area contributed by atoms with Crippen molar-refractivity contribution in [2.45, 2.75) is 45.4 Å². The highest BCUT2D eigenvalue weighted by Crippen LogP contribution is 2.33. The molecule has 4 N–H and O–H groups in total. The van der Waals surface area contributed by atoms with Gasteiger partial charge in [0.1, 0.15) is 23.5 Å². The first-order valence-electron chi connectivity index (χ1n) is 13.3. The molecule has 1 amide bonds. The van der Waals surface area contributed by atoms with E-state index in [1.807, 2.05) is 54.6 Å². The highest BCUT2D eigenvalue weighted by atomic mass is 32.1. The van der Waals surface area contributed by atoms with E-state index >= 15 is 0 Å². The lowest BCUT2D eigenvalue weighted by atomic mass is 9.93. The van der Waals surface area contributed by atoms with Crippen molar-refractivity contribution in [1.29, 1.82) is 0 Å². The SMILES string of the molecule is CC(C)(C)OC(=O)c1cccc(N(C(=O)CN)c2nncs2)c1C(=O)[C@@H](N)Cc1ccc(OCc2ccccc2)cc1. The first-order chi connectivity index (χ1) is 20.1. The molecule has 0 unspecified atom stereocenters. The number of anilines is 2. The number of Topliss-reactive ketones (excluding diaryl/α,β-unsaturated/α-hetero) is 1. The molecule has 0 radical (unpaired) electrons. The van der Waals surface area contributed by atoms with Crippen LogP contribution in [0.5, 0.6) is 5.75 Å². The second kappa shape index (κ2) is 13.5. The maximum atomic E-state index is 14.0. The second-order valence-electron chi connectivity index (χ2n) is 10.4. The number of carbonyl (C=O) groups is 3. The Morgan fingerprint density at radius 1 is 0.952 bits per heavy atom. The molecule has 3 aromatic carbocycles. The Hall–Kier alpha value is -4.45. The van der Waals surface area contributed by atoms with Crippen LogP contribution in [0.4, 0.5) is 10.8 Å². The summed E-state index contributed by atoms with van der Waals surface area (Å²) in [5, 5.41) is 8.01. The molecule has 0 saturated heterocycles. The third-order valence-corrected chi connectivity index (χ3v) is 6.75. The van der Waals surface area contributed by atoms with E-state index < -0.39 is 29.3 Å². The molecule has 0 spiro atoms. The first-order valence-corrected chi connectivity index (χ1v) is 14.2. The summed E-state index contributed by atoms with van der Waals surface area (Å²) >= 11 is 1.09. The van der Waals surface area contributed by atoms with Crippen LogP contribution in [0.15, 0.2) is 78.3 Å². The van der Waals surface area contributed by atoms with Gasteiger partial charge in [-0.3, -0.25) is 14.5 Å². The number of hydrogen-bond donors (Lipinski definition) is 2. The Morgan fingerprint density at radius 3 is 2.29 bits per heavy atom. The second-order valence-corrected chi connectivity index (χ2v) is 11.3. The molecule has 1 aromatic heterocycles. The Bertz CT molecular complexity index is 1520. The number of amides is 1. The summed E-state index contributed by atoms with van der Waals surface area (Å²) < 4.78 is 11.4. The highest BCUT2D eigenvalue weighted by molar-refractivity contribution is 7.13. The maximum absolute atomic E-state index is 14.0. The largest absolute Gasteiger partial charge is 0.489 e. The number of rotatable bonds is 11. The van der Waals surface area contributed by atoms with E-state index in [-0.39, 0.29) is 34.9 Å². The van der Waals surface area contributed by atoms with Gasteiger partial charge in [0, 0.05) is 0 Å². The van der Waals surface area contributed by atoms with Crippen LogP contribution < -0.4 is 21.1 Å². The average Bonchev–Trinajstić information content (AvgIpc) is 3.50. The minimum absolute atomic E-state index is 0.0214. The van der Waals surface area contributed by atoms with Crippen molar-refractivity contribution >= 4 is 39.8 Å². The van der Waals surface area contributed by atoms with Gasteiger partial charge >= 0.3 is 5.97 Å². The van der Waals surface area contributed by atoms with Crippen molar-refractivity contribution in [2.24, 2.45) is 11.5 Å². The zero-order valence-electron chi connectivity index (χ0n) is 23.7. The van der Waals surface area contributed by atoms with E-state index in [1.54, 1.807) is 32.9 Å². The molecule has 0 aliphatic rings. The zero-order valence-corrected chi connectivity index (χ0v) is 24.5. The number of carbonyl (C=O) groups excluding carboxylic acids is 3. The molecule has 4 aromatic rings. The molecule has 1 atom stereocenters. The van der Waals surface area contributed by atoms with Crippen LogP contribution >= 0.6 is 11.3 Å². The fraction of sp³-hybridized carbons (Fsp3) is 0.258. The van der Waals surface area contributed by atoms with E-state index in [0.717, 1.165) is 22.5 Å². The summed E-state index contributed by atoms with van der Waals surface area (Å²) in [5.74, 6) is -1.14. The number of ether oxygens (including phenoxy) is 2. The molecular formula is C31H33N5O5S. The fourth-order valence-electron chi connectivity index (χ4n) is 4.18. The minimum atomic E-state index is -1.05. The highest BCUT2D eigenvalue weighted by Gasteiger charge is 2.32. The van der Waals surface area contributed by atoms with E-state index in [0.29, 0.717) is 12.4 Å². The average molecular weight is 588 g/mol. The van der Waals surface area contributed by atoms with Crippen LogP contribution in [0, 0.1) is 0 Å². The van der Waals surface area contributed by atoms with Crippen molar-refractivity contribution in [3.63, 3.8) is 0 Å². The minimum Gasteiger partial charge on any atom is -0.489 e. The van der Waals surface area contributed by atoms with Gasteiger partial charge in [-0.05, 0) is 62.6 Å². The van der Waals surface area contributed by atoms with E-state index in [4.69, 9.17) is 20.9 Å². The monoisotopic (exact) mass is 587 g/mol. The van der Waals surface area contributed by atoms with Crippen LogP contribution in [0.3, 0.4) is 0 Å². The van der Waals surface area contributed by atoms with Crippen LogP contribution in [0.25, 0.3) is 0 Å². The summed E-state index contributed by atoms with van der Waals surface area (Å²) in [7, 11) is 0. The summed E-state index contributed by atoms with van der Waals surface area (Å²) in [5.41, 5.74) is 14.7. The van der Waals surface area contributed by atoms with Gasteiger partial charge in [0.05, 0.1) is 29.4 Å². The number of esters is 1. The Labute approximate surface area is 248 Å². The van der Waals surface area contributed by atoms with Gasteiger partial charge in [-0.2, -0.15) is 0 Å². The van der Waals surface area contributed by atoms with Crippen molar-refractivity contribution < 1.29 is 23.9 Å². The van der Waals surface area contributed by atoms with E-state index in [1.165, 1.54) is 16.5 Å². The normalized spacial score (nSPS) is 11.9. The van der Waals surface area contributed by atoms with Crippen molar-refractivity contribution in [2.75, 3.05) is 11.4 Å². The Kier molecular flexibility index (Phi) is 9.79. The predicted octanol–water partition coefficient (Wildman–Crippen LogP) is 4.45. The summed E-state index contributed by atoms with van der Waals surface area (Å²) in [6, 6.07) is 20.6. The van der Waals surface area contributed by atoms with Gasteiger partial charge < -0.3 is 20.9 Å². The number of nitrogens with two attached hydrogens (primary N) is 2. The molecule has 0 saturated carbocycles. The maximum Gasteiger partial charge on any atom is 0.339 e. The third kappa shape index (κ3) is 7.64. The molecule has 42 heavy (non-hydrogen) atoms. The number of aromatic nitrogens is 2. The molecule has 11 heteroatoms. The Balaban J connectivity index is 1.64. The lowest BCUT2D eigenvalue weighted by Gasteiger charge is -2.25. The first kappa shape index (κ1) is 30.5. The Morgan fingerprint density at radius 2 is 1.67 bits per heavy atom. The quantitative estimate of drug-likeness (QED) is 0.192. The van der Waals surface area contributed by atoms with Crippen LogP contribution in [-0.4, -0.2) is 46.0 Å². The van der Waals surface area contributed by atoms with Crippen LogP contribution in [-0.2, 0) is 22.6 Å². The molecule has 0 aliphatic carbocycles. The smallest absolute Gasteiger partial charge is 0.339 e. The third-order valence-electron chi connectivity index (χ3n) is 6.08. The van der Waals surface area contributed by atoms with Gasteiger partial charge in [-0.1, -0.05) is 59.9 Å². The van der Waals surface area contributed by atoms with Crippen molar-refractivity contribution in [3.8, 4) is 5.75 Å². The molecule has 218 valence electrons. The summed E-state index contributed by atoms with van der Waals surface area (Å²) in [6.07, 6.45) is 0.170. The van der Waals surface area contributed by atoms with Gasteiger partial charge in [0.25, 0.3) is 0 Å². The van der Waals surface area contributed by atoms with Crippen molar-refractivity contribution in [1.82, 2.24) is 10.2 Å². The molecule has 4 rings (SSSR count). The topological polar surface area (TPSA) is 151 Å². The molecular weight excluding hydrogens is 554 g/mol. The molecule has 0 aliphatic heterocycles. The number of hydrogen-bond acceptors (Lipinski definition) is 10. The standard InChI is InChI=1S/C31H33N5O5S/c1-31(2,3)41-29(39)23-10-7-11-25(36(26(37)17-32)30-35-34-19-42-30)27(23)28(38)24(33)16-20-12-14-22(15-13-20)40-18-21-8-5-4-6-9-21/h4-15,19,24H,16-18,32-33H2,1-3H3/t24-/m0/s1. The number of nitrogens with zero attached hydrogens (tertiary/aromatic N) is 3. The van der Waals surface area contributed by atoms with Gasteiger partial charge in [0.2, 0.25) is 11.0 Å². The van der Waals surface area contributed by atoms with Gasteiger partial charge in [-0.25, -0.2) is 4.79 Å². The summed E-state index contributed by atoms with van der Waals surface area (Å²) in [6.45, 7) is 5.23. The van der Waals surface area contributed by atoms with Crippen molar-refractivity contribution in [3.05, 3.63) is 101 Å². The predicted molar refractivity (Wildman–Crippen MR) is 161 cm³/mol. The lowest BCUT2D eigenvalue weighted by Crippen LogP contribution is -2.38. The molecule has 0 bridgehead atoms. The van der Waals surface area contributed by atoms with E-state index in [2.05, 4.69) is 10.2 Å². The molecule has 0 fully saturated rings. The number of ketones is 1. The van der Waals surface area contributed by atoms with E-state index in [9.17, 15) is 14.4 Å². The van der Waals surface area contributed by atoms with Crippen LogP contribution in [0.1, 0.15) is 52.6 Å². The van der Waals surface area contributed by atoms with Gasteiger partial charge in [0.15, 0.2) is 5.78 Å². The zero-order chi connectivity index (χ0) is 30.3. The molecule has 10 nitrogen and oxygen atoms in total. The lowest BCUT2D eigenvalue weighted by molar-refractivity contribution is -0.116. The summed E-state index contributed by atoms with van der Waals surface area (Å²) in [4.78, 5) is 41.5. The molecule has 1 heterocycles. The number of benzene rings is 3. The van der Waals surface area contributed by atoms with Crippen LogP contribution in [0.2, 0.25) is 0 Å². The fourth-order valence-corrected chi connectivity index (χ4v) is 4.77. The van der Waals surface area contributed by atoms with Gasteiger partial charge in [-0.15, -0.1) is 10.2 Å².